The van der Waals surface area contributed by atoms with E-state index in [-0.39, 0.29) is 24.0 Å². The van der Waals surface area contributed by atoms with Crippen molar-refractivity contribution in [1.82, 2.24) is 15.1 Å². The number of rotatable bonds is 5. The van der Waals surface area contributed by atoms with Crippen molar-refractivity contribution in [2.75, 3.05) is 45.5 Å². The molecule has 2 atom stereocenters. The molecule has 2 unspecified atom stereocenters. The molecule has 3 heterocycles. The summed E-state index contributed by atoms with van der Waals surface area (Å²) in [6.45, 7) is 7.61. The van der Waals surface area contributed by atoms with Crippen molar-refractivity contribution in [3.63, 3.8) is 0 Å². The lowest BCUT2D eigenvalue weighted by Gasteiger charge is -2.35. The SMILES string of the molecule is CCC1CN(C(=NC)NCC(c2ccco2)N2CCCC2)CCS1.I. The molecule has 0 bridgehead atoms. The van der Waals surface area contributed by atoms with Gasteiger partial charge in [0.2, 0.25) is 0 Å². The Morgan fingerprint density at radius 1 is 1.40 bits per heavy atom. The summed E-state index contributed by atoms with van der Waals surface area (Å²) in [6.07, 6.45) is 5.57. The Balaban J connectivity index is 0.00000225. The van der Waals surface area contributed by atoms with E-state index in [0.717, 1.165) is 49.7 Å². The van der Waals surface area contributed by atoms with Gasteiger partial charge in [-0.15, -0.1) is 24.0 Å². The minimum Gasteiger partial charge on any atom is -0.468 e. The monoisotopic (exact) mass is 478 g/mol. The molecule has 0 saturated carbocycles. The molecule has 142 valence electrons. The highest BCUT2D eigenvalue weighted by atomic mass is 127. The predicted octanol–water partition coefficient (Wildman–Crippen LogP) is 3.44. The molecule has 0 radical (unpaired) electrons. The van der Waals surface area contributed by atoms with E-state index in [1.165, 1.54) is 25.0 Å². The van der Waals surface area contributed by atoms with Gasteiger partial charge in [-0.05, 0) is 44.5 Å². The highest BCUT2D eigenvalue weighted by molar-refractivity contribution is 14.0. The topological polar surface area (TPSA) is 44.0 Å². The molecular formula is C18H31IN4OS. The molecule has 1 aromatic rings. The number of thioether (sulfide) groups is 1. The van der Waals surface area contributed by atoms with Crippen molar-refractivity contribution in [3.05, 3.63) is 24.2 Å². The summed E-state index contributed by atoms with van der Waals surface area (Å²) in [5.74, 6) is 3.28. The van der Waals surface area contributed by atoms with Crippen molar-refractivity contribution < 1.29 is 4.42 Å². The van der Waals surface area contributed by atoms with Gasteiger partial charge in [0.1, 0.15) is 5.76 Å². The molecule has 0 amide bonds. The second kappa shape index (κ2) is 10.7. The predicted molar refractivity (Wildman–Crippen MR) is 117 cm³/mol. The Labute approximate surface area is 173 Å². The number of likely N-dealkylation sites (tertiary alicyclic amines) is 1. The standard InChI is InChI=1S/C18H30N4OS.HI/c1-3-15-14-22(10-12-24-15)18(19-2)20-13-16(17-7-6-11-23-17)21-8-4-5-9-21;/h6-7,11,15-16H,3-5,8-10,12-14H2,1-2H3,(H,19,20);1H. The van der Waals surface area contributed by atoms with E-state index in [0.29, 0.717) is 6.04 Å². The van der Waals surface area contributed by atoms with E-state index < -0.39 is 0 Å². The second-order valence-corrected chi connectivity index (χ2v) is 7.96. The summed E-state index contributed by atoms with van der Waals surface area (Å²) in [5, 5.41) is 4.33. The molecule has 5 nitrogen and oxygen atoms in total. The van der Waals surface area contributed by atoms with Gasteiger partial charge < -0.3 is 14.6 Å². The molecule has 2 fully saturated rings. The zero-order valence-electron chi connectivity index (χ0n) is 15.3. The first-order valence-corrected chi connectivity index (χ1v) is 10.2. The van der Waals surface area contributed by atoms with Gasteiger partial charge in [0.15, 0.2) is 5.96 Å². The summed E-state index contributed by atoms with van der Waals surface area (Å²) < 4.78 is 5.72. The van der Waals surface area contributed by atoms with E-state index in [4.69, 9.17) is 4.42 Å². The largest absolute Gasteiger partial charge is 0.468 e. The number of halogens is 1. The van der Waals surface area contributed by atoms with Gasteiger partial charge in [0.05, 0.1) is 12.3 Å². The fraction of sp³-hybridized carbons (Fsp3) is 0.722. The molecule has 0 aromatic carbocycles. The van der Waals surface area contributed by atoms with Crippen molar-refractivity contribution >= 4 is 41.7 Å². The first-order valence-electron chi connectivity index (χ1n) is 9.16. The highest BCUT2D eigenvalue weighted by Gasteiger charge is 2.27. The summed E-state index contributed by atoms with van der Waals surface area (Å²) >= 11 is 2.09. The minimum atomic E-state index is 0. The third-order valence-corrected chi connectivity index (χ3v) is 6.38. The summed E-state index contributed by atoms with van der Waals surface area (Å²) in [4.78, 5) is 9.47. The van der Waals surface area contributed by atoms with Gasteiger partial charge in [0, 0.05) is 37.7 Å². The Hall–Kier alpha value is -0.410. The van der Waals surface area contributed by atoms with Crippen LogP contribution in [0.3, 0.4) is 0 Å². The zero-order valence-corrected chi connectivity index (χ0v) is 18.5. The van der Waals surface area contributed by atoms with Crippen LogP contribution in [0.2, 0.25) is 0 Å². The van der Waals surface area contributed by atoms with Crippen LogP contribution in [-0.2, 0) is 0 Å². The van der Waals surface area contributed by atoms with Crippen LogP contribution >= 0.6 is 35.7 Å². The molecule has 2 aliphatic rings. The molecule has 3 rings (SSSR count). The van der Waals surface area contributed by atoms with Gasteiger partial charge in [-0.3, -0.25) is 9.89 Å². The van der Waals surface area contributed by atoms with Gasteiger partial charge in [-0.1, -0.05) is 6.92 Å². The maximum atomic E-state index is 5.72. The molecule has 2 saturated heterocycles. The normalized spacial score (nSPS) is 23.4. The Morgan fingerprint density at radius 2 is 2.20 bits per heavy atom. The maximum Gasteiger partial charge on any atom is 0.193 e. The van der Waals surface area contributed by atoms with Crippen LogP contribution in [0.5, 0.6) is 0 Å². The lowest BCUT2D eigenvalue weighted by atomic mass is 10.2. The van der Waals surface area contributed by atoms with Crippen LogP contribution in [0.15, 0.2) is 27.8 Å². The fourth-order valence-electron chi connectivity index (χ4n) is 3.62. The Kier molecular flexibility index (Phi) is 8.92. The van der Waals surface area contributed by atoms with Crippen molar-refractivity contribution in [1.29, 1.82) is 0 Å². The van der Waals surface area contributed by atoms with Crippen molar-refractivity contribution in [2.24, 2.45) is 4.99 Å². The van der Waals surface area contributed by atoms with Crippen molar-refractivity contribution in [2.45, 2.75) is 37.5 Å². The van der Waals surface area contributed by atoms with E-state index in [9.17, 15) is 0 Å². The number of nitrogens with zero attached hydrogens (tertiary/aromatic N) is 3. The van der Waals surface area contributed by atoms with Crippen LogP contribution in [0.4, 0.5) is 0 Å². The third-order valence-electron chi connectivity index (χ3n) is 5.01. The van der Waals surface area contributed by atoms with E-state index >= 15 is 0 Å². The molecule has 1 N–H and O–H groups in total. The fourth-order valence-corrected chi connectivity index (χ4v) is 4.80. The second-order valence-electron chi connectivity index (χ2n) is 6.55. The molecule has 0 aliphatic carbocycles. The Morgan fingerprint density at radius 3 is 2.84 bits per heavy atom. The number of hydrogen-bond donors (Lipinski definition) is 1. The molecule has 2 aliphatic heterocycles. The average molecular weight is 478 g/mol. The van der Waals surface area contributed by atoms with Gasteiger partial charge in [0.25, 0.3) is 0 Å². The molecule has 0 spiro atoms. The molecule has 25 heavy (non-hydrogen) atoms. The van der Waals surface area contributed by atoms with Gasteiger partial charge >= 0.3 is 0 Å². The molecule has 1 aromatic heterocycles. The van der Waals surface area contributed by atoms with Crippen LogP contribution in [0.1, 0.15) is 38.0 Å². The lowest BCUT2D eigenvalue weighted by Crippen LogP contribution is -2.49. The average Bonchev–Trinajstić information content (AvgIpc) is 3.33. The third kappa shape index (κ3) is 5.53. The van der Waals surface area contributed by atoms with E-state index in [1.54, 1.807) is 6.26 Å². The lowest BCUT2D eigenvalue weighted by molar-refractivity contribution is 0.214. The Bertz CT molecular complexity index is 519. The zero-order chi connectivity index (χ0) is 16.8. The van der Waals surface area contributed by atoms with E-state index in [1.807, 2.05) is 13.1 Å². The first-order chi connectivity index (χ1) is 11.8. The molecule has 7 heteroatoms. The number of nitrogens with one attached hydrogen (secondary N) is 1. The highest BCUT2D eigenvalue weighted by Crippen LogP contribution is 2.25. The smallest absolute Gasteiger partial charge is 0.193 e. The number of furan rings is 1. The molecular weight excluding hydrogens is 447 g/mol. The number of aliphatic imine (C=N–C) groups is 1. The first kappa shape index (κ1) is 20.9. The van der Waals surface area contributed by atoms with Crippen LogP contribution in [0.25, 0.3) is 0 Å². The van der Waals surface area contributed by atoms with Gasteiger partial charge in [-0.2, -0.15) is 11.8 Å². The van der Waals surface area contributed by atoms with Crippen LogP contribution < -0.4 is 5.32 Å². The summed E-state index contributed by atoms with van der Waals surface area (Å²) in [6, 6.07) is 4.37. The van der Waals surface area contributed by atoms with Crippen LogP contribution in [-0.4, -0.2) is 66.5 Å². The number of hydrogen-bond acceptors (Lipinski definition) is 4. The number of guanidine groups is 1. The summed E-state index contributed by atoms with van der Waals surface area (Å²) in [7, 11) is 1.89. The van der Waals surface area contributed by atoms with Crippen molar-refractivity contribution in [3.8, 4) is 0 Å². The van der Waals surface area contributed by atoms with Gasteiger partial charge in [-0.25, -0.2) is 0 Å². The van der Waals surface area contributed by atoms with Crippen LogP contribution in [0, 0.1) is 0 Å². The summed E-state index contributed by atoms with van der Waals surface area (Å²) in [5.41, 5.74) is 0. The quantitative estimate of drug-likeness (QED) is 0.399. The van der Waals surface area contributed by atoms with E-state index in [2.05, 4.69) is 44.9 Å². The maximum absolute atomic E-state index is 5.72. The minimum absolute atomic E-state index is 0.